The van der Waals surface area contributed by atoms with E-state index in [9.17, 15) is 4.79 Å². The lowest BCUT2D eigenvalue weighted by Gasteiger charge is -2.54. The molecule has 6 rings (SSSR count). The van der Waals surface area contributed by atoms with Crippen LogP contribution in [0.4, 0.5) is 0 Å². The van der Waals surface area contributed by atoms with Gasteiger partial charge in [-0.2, -0.15) is 0 Å². The number of carbonyl (C=O) groups is 1. The molecule has 5 fully saturated rings. The van der Waals surface area contributed by atoms with Crippen molar-refractivity contribution in [3.05, 3.63) is 30.1 Å². The number of rotatable bonds is 4. The summed E-state index contributed by atoms with van der Waals surface area (Å²) in [5, 5.41) is 3.43. The quantitative estimate of drug-likeness (QED) is 0.887. The Balaban J connectivity index is 1.22. The van der Waals surface area contributed by atoms with Crippen LogP contribution in [0, 0.1) is 23.7 Å². The summed E-state index contributed by atoms with van der Waals surface area (Å²) in [4.78, 5) is 19.5. The van der Waals surface area contributed by atoms with E-state index in [-0.39, 0.29) is 18.1 Å². The minimum atomic E-state index is -0.347. The summed E-state index contributed by atoms with van der Waals surface area (Å²) in [6.45, 7) is 4.36. The van der Waals surface area contributed by atoms with Crippen molar-refractivity contribution in [1.29, 1.82) is 0 Å². The maximum Gasteiger partial charge on any atom is 0.250 e. The maximum atomic E-state index is 13.0. The lowest BCUT2D eigenvalue weighted by Crippen LogP contribution is -2.59. The highest BCUT2D eigenvalue weighted by molar-refractivity contribution is 5.81. The molecule has 27 heavy (non-hydrogen) atoms. The molecule has 1 aromatic heterocycles. The maximum absolute atomic E-state index is 13.0. The van der Waals surface area contributed by atoms with Gasteiger partial charge in [0.1, 0.15) is 6.10 Å². The SMILES string of the molecule is CC(c1ccncc1)N1CCOC(C(=O)NC2C3CC4CC(C3)CC2C4)C1. The second-order valence-electron chi connectivity index (χ2n) is 9.28. The molecule has 1 aliphatic heterocycles. The van der Waals surface area contributed by atoms with Crippen LogP contribution in [0.5, 0.6) is 0 Å². The Morgan fingerprint density at radius 2 is 1.81 bits per heavy atom. The van der Waals surface area contributed by atoms with Crippen LogP contribution in [0.2, 0.25) is 0 Å². The monoisotopic (exact) mass is 369 g/mol. The molecular formula is C22H31N3O2. The number of amides is 1. The minimum Gasteiger partial charge on any atom is -0.366 e. The zero-order valence-electron chi connectivity index (χ0n) is 16.2. The third-order valence-corrected chi connectivity index (χ3v) is 7.66. The molecule has 4 bridgehead atoms. The molecule has 2 atom stereocenters. The lowest BCUT2D eigenvalue weighted by molar-refractivity contribution is -0.143. The molecule has 1 aromatic rings. The van der Waals surface area contributed by atoms with Gasteiger partial charge in [0.05, 0.1) is 6.61 Å². The average Bonchev–Trinajstić information content (AvgIpc) is 2.70. The molecule has 5 nitrogen and oxygen atoms in total. The molecule has 0 aromatic carbocycles. The number of hydrogen-bond acceptors (Lipinski definition) is 4. The number of pyridine rings is 1. The number of hydrogen-bond donors (Lipinski definition) is 1. The number of nitrogens with one attached hydrogen (secondary N) is 1. The van der Waals surface area contributed by atoms with E-state index < -0.39 is 0 Å². The van der Waals surface area contributed by atoms with Crippen molar-refractivity contribution in [3.8, 4) is 0 Å². The van der Waals surface area contributed by atoms with Gasteiger partial charge in [-0.05, 0) is 80.4 Å². The number of ether oxygens (including phenoxy) is 1. The van der Waals surface area contributed by atoms with E-state index >= 15 is 0 Å². The smallest absolute Gasteiger partial charge is 0.250 e. The van der Waals surface area contributed by atoms with E-state index in [1.165, 1.54) is 37.7 Å². The van der Waals surface area contributed by atoms with Crippen LogP contribution in [0.1, 0.15) is 50.6 Å². The highest BCUT2D eigenvalue weighted by Crippen LogP contribution is 2.53. The summed E-state index contributed by atoms with van der Waals surface area (Å²) in [5.41, 5.74) is 1.24. The predicted octanol–water partition coefficient (Wildman–Crippen LogP) is 2.78. The summed E-state index contributed by atoms with van der Waals surface area (Å²) >= 11 is 0. The standard InChI is InChI=1S/C22H31N3O2/c1-14(17-2-4-23-5-3-17)25-6-7-27-20(13-25)22(26)24-21-18-9-15-8-16(11-18)12-19(21)10-15/h2-5,14-16,18-21H,6-13H2,1H3,(H,24,26). The highest BCUT2D eigenvalue weighted by Gasteiger charge is 2.49. The summed E-state index contributed by atoms with van der Waals surface area (Å²) in [7, 11) is 0. The number of morpholine rings is 1. The van der Waals surface area contributed by atoms with E-state index in [1.807, 2.05) is 12.4 Å². The van der Waals surface area contributed by atoms with Gasteiger partial charge in [-0.15, -0.1) is 0 Å². The van der Waals surface area contributed by atoms with Gasteiger partial charge < -0.3 is 10.1 Å². The summed E-state index contributed by atoms with van der Waals surface area (Å²) in [6.07, 6.45) is 10.1. The van der Waals surface area contributed by atoms with Crippen molar-refractivity contribution in [2.45, 2.75) is 57.2 Å². The number of nitrogens with zero attached hydrogens (tertiary/aromatic N) is 2. The first kappa shape index (κ1) is 17.6. The lowest BCUT2D eigenvalue weighted by atomic mass is 9.54. The van der Waals surface area contributed by atoms with Crippen LogP contribution in [0.15, 0.2) is 24.5 Å². The zero-order chi connectivity index (χ0) is 18.4. The van der Waals surface area contributed by atoms with Gasteiger partial charge in [0, 0.05) is 37.6 Å². The molecule has 146 valence electrons. The predicted molar refractivity (Wildman–Crippen MR) is 103 cm³/mol. The Morgan fingerprint density at radius 3 is 2.48 bits per heavy atom. The fourth-order valence-electron chi connectivity index (χ4n) is 6.45. The summed E-state index contributed by atoms with van der Waals surface area (Å²) in [5.74, 6) is 3.40. The molecule has 0 spiro atoms. The van der Waals surface area contributed by atoms with E-state index in [0.717, 1.165) is 18.4 Å². The second kappa shape index (κ2) is 7.17. The van der Waals surface area contributed by atoms with Crippen LogP contribution in [0.25, 0.3) is 0 Å². The van der Waals surface area contributed by atoms with Gasteiger partial charge in [-0.1, -0.05) is 0 Å². The van der Waals surface area contributed by atoms with Crippen LogP contribution < -0.4 is 5.32 Å². The fourth-order valence-corrected chi connectivity index (χ4v) is 6.45. The Bertz CT molecular complexity index is 651. The molecule has 2 heterocycles. The molecule has 1 N–H and O–H groups in total. The second-order valence-corrected chi connectivity index (χ2v) is 9.28. The van der Waals surface area contributed by atoms with Gasteiger partial charge in [0.25, 0.3) is 5.91 Å². The third-order valence-electron chi connectivity index (χ3n) is 7.66. The topological polar surface area (TPSA) is 54.5 Å². The molecule has 2 unspecified atom stereocenters. The Labute approximate surface area is 161 Å². The molecule has 5 aliphatic rings. The molecule has 0 radical (unpaired) electrons. The van der Waals surface area contributed by atoms with E-state index in [2.05, 4.69) is 34.3 Å². The molecule has 1 amide bonds. The van der Waals surface area contributed by atoms with Crippen molar-refractivity contribution in [3.63, 3.8) is 0 Å². The summed E-state index contributed by atoms with van der Waals surface area (Å²) in [6, 6.07) is 4.78. The van der Waals surface area contributed by atoms with Crippen molar-refractivity contribution in [2.24, 2.45) is 23.7 Å². The molecule has 1 saturated heterocycles. The van der Waals surface area contributed by atoms with Crippen molar-refractivity contribution in [1.82, 2.24) is 15.2 Å². The van der Waals surface area contributed by atoms with E-state index in [4.69, 9.17) is 4.74 Å². The van der Waals surface area contributed by atoms with Crippen molar-refractivity contribution in [2.75, 3.05) is 19.7 Å². The fraction of sp³-hybridized carbons (Fsp3) is 0.727. The van der Waals surface area contributed by atoms with Crippen molar-refractivity contribution < 1.29 is 9.53 Å². The largest absolute Gasteiger partial charge is 0.366 e. The highest BCUT2D eigenvalue weighted by atomic mass is 16.5. The Morgan fingerprint density at radius 1 is 1.15 bits per heavy atom. The zero-order valence-corrected chi connectivity index (χ0v) is 16.2. The Hall–Kier alpha value is -1.46. The molecule has 5 heteroatoms. The van der Waals surface area contributed by atoms with Crippen LogP contribution in [-0.2, 0) is 9.53 Å². The van der Waals surface area contributed by atoms with Gasteiger partial charge in [0.2, 0.25) is 0 Å². The summed E-state index contributed by atoms with van der Waals surface area (Å²) < 4.78 is 5.88. The van der Waals surface area contributed by atoms with Crippen molar-refractivity contribution >= 4 is 5.91 Å². The van der Waals surface area contributed by atoms with Gasteiger partial charge in [0.15, 0.2) is 0 Å². The van der Waals surface area contributed by atoms with Gasteiger partial charge in [-0.3, -0.25) is 14.7 Å². The van der Waals surface area contributed by atoms with Gasteiger partial charge >= 0.3 is 0 Å². The molecule has 4 aliphatic carbocycles. The van der Waals surface area contributed by atoms with Crippen LogP contribution >= 0.6 is 0 Å². The molecular weight excluding hydrogens is 338 g/mol. The van der Waals surface area contributed by atoms with Crippen LogP contribution in [-0.4, -0.2) is 47.6 Å². The first-order chi connectivity index (χ1) is 13.2. The van der Waals surface area contributed by atoms with E-state index in [1.54, 1.807) is 0 Å². The minimum absolute atomic E-state index is 0.110. The normalized spacial score (nSPS) is 39.3. The van der Waals surface area contributed by atoms with E-state index in [0.29, 0.717) is 31.0 Å². The first-order valence-electron chi connectivity index (χ1n) is 10.7. The van der Waals surface area contributed by atoms with Gasteiger partial charge in [-0.25, -0.2) is 0 Å². The first-order valence-corrected chi connectivity index (χ1v) is 10.7. The third kappa shape index (κ3) is 3.40. The average molecular weight is 370 g/mol. The molecule has 4 saturated carbocycles. The number of carbonyl (C=O) groups excluding carboxylic acids is 1. The van der Waals surface area contributed by atoms with Crippen LogP contribution in [0.3, 0.4) is 0 Å². The number of aromatic nitrogens is 1. The Kier molecular flexibility index (Phi) is 4.68.